The van der Waals surface area contributed by atoms with Crippen LogP contribution in [0.3, 0.4) is 0 Å². The predicted molar refractivity (Wildman–Crippen MR) is 65.5 cm³/mol. The lowest BCUT2D eigenvalue weighted by Crippen LogP contribution is -2.13. The molecule has 2 N–H and O–H groups in total. The summed E-state index contributed by atoms with van der Waals surface area (Å²) in [5.74, 6) is 1.45. The van der Waals surface area contributed by atoms with E-state index < -0.39 is 0 Å². The van der Waals surface area contributed by atoms with Gasteiger partial charge in [-0.2, -0.15) is 0 Å². The fraction of sp³-hybridized carbons (Fsp3) is 0.273. The maximum atomic E-state index is 6.13. The summed E-state index contributed by atoms with van der Waals surface area (Å²) in [5.41, 5.74) is 7.69. The highest BCUT2D eigenvalue weighted by atomic mass is 32.1. The first kappa shape index (κ1) is 11.8. The average molecular weight is 251 g/mol. The SMILES string of the molecule is COc1ccc(OC)c(C(N)c2csnn2)c1. The Morgan fingerprint density at radius 3 is 2.71 bits per heavy atom. The van der Waals surface area contributed by atoms with Gasteiger partial charge in [-0.3, -0.25) is 0 Å². The van der Waals surface area contributed by atoms with Crippen molar-refractivity contribution in [3.05, 3.63) is 34.8 Å². The molecule has 6 heteroatoms. The number of rotatable bonds is 4. The van der Waals surface area contributed by atoms with Crippen molar-refractivity contribution in [3.63, 3.8) is 0 Å². The fourth-order valence-electron chi connectivity index (χ4n) is 1.55. The van der Waals surface area contributed by atoms with Crippen LogP contribution in [0.2, 0.25) is 0 Å². The first-order chi connectivity index (χ1) is 8.26. The summed E-state index contributed by atoms with van der Waals surface area (Å²) in [5, 5.41) is 5.79. The molecule has 0 saturated heterocycles. The van der Waals surface area contributed by atoms with E-state index in [9.17, 15) is 0 Å². The van der Waals surface area contributed by atoms with Crippen LogP contribution in [-0.2, 0) is 0 Å². The van der Waals surface area contributed by atoms with Crippen molar-refractivity contribution in [2.75, 3.05) is 14.2 Å². The first-order valence-electron chi connectivity index (χ1n) is 5.00. The number of benzene rings is 1. The third-order valence-corrected chi connectivity index (χ3v) is 2.99. The van der Waals surface area contributed by atoms with Crippen molar-refractivity contribution in [1.29, 1.82) is 0 Å². The Kier molecular flexibility index (Phi) is 3.55. The quantitative estimate of drug-likeness (QED) is 0.893. The van der Waals surface area contributed by atoms with Gasteiger partial charge in [-0.15, -0.1) is 5.10 Å². The van der Waals surface area contributed by atoms with Crippen molar-refractivity contribution in [2.24, 2.45) is 5.73 Å². The van der Waals surface area contributed by atoms with E-state index in [1.54, 1.807) is 14.2 Å². The first-order valence-corrected chi connectivity index (χ1v) is 5.84. The zero-order valence-electron chi connectivity index (χ0n) is 9.58. The van der Waals surface area contributed by atoms with Gasteiger partial charge >= 0.3 is 0 Å². The highest BCUT2D eigenvalue weighted by Gasteiger charge is 2.17. The topological polar surface area (TPSA) is 70.3 Å². The molecule has 0 bridgehead atoms. The molecule has 2 rings (SSSR count). The second-order valence-electron chi connectivity index (χ2n) is 3.42. The molecular weight excluding hydrogens is 238 g/mol. The van der Waals surface area contributed by atoms with Gasteiger partial charge in [0.05, 0.1) is 26.0 Å². The monoisotopic (exact) mass is 251 g/mol. The minimum Gasteiger partial charge on any atom is -0.497 e. The summed E-state index contributed by atoms with van der Waals surface area (Å²) in [6.07, 6.45) is 0. The average Bonchev–Trinajstić information content (AvgIpc) is 2.91. The van der Waals surface area contributed by atoms with Crippen LogP contribution in [0.25, 0.3) is 0 Å². The van der Waals surface area contributed by atoms with Crippen LogP contribution in [0.4, 0.5) is 0 Å². The molecule has 1 aromatic heterocycles. The molecule has 0 aliphatic carbocycles. The summed E-state index contributed by atoms with van der Waals surface area (Å²) >= 11 is 1.27. The summed E-state index contributed by atoms with van der Waals surface area (Å²) in [6, 6.07) is 5.14. The second-order valence-corrected chi connectivity index (χ2v) is 4.03. The van der Waals surface area contributed by atoms with Gasteiger partial charge in [-0.05, 0) is 29.7 Å². The number of nitrogens with zero attached hydrogens (tertiary/aromatic N) is 2. The molecule has 0 saturated carbocycles. The van der Waals surface area contributed by atoms with E-state index in [1.807, 2.05) is 23.6 Å². The number of hydrogen-bond donors (Lipinski definition) is 1. The molecule has 5 nitrogen and oxygen atoms in total. The van der Waals surface area contributed by atoms with Crippen LogP contribution in [0.5, 0.6) is 11.5 Å². The maximum absolute atomic E-state index is 6.13. The normalized spacial score (nSPS) is 12.2. The Balaban J connectivity index is 2.41. The molecule has 0 spiro atoms. The van der Waals surface area contributed by atoms with Crippen LogP contribution < -0.4 is 15.2 Å². The van der Waals surface area contributed by atoms with E-state index >= 15 is 0 Å². The van der Waals surface area contributed by atoms with Gasteiger partial charge in [-0.1, -0.05) is 4.49 Å². The van der Waals surface area contributed by atoms with Crippen LogP contribution in [0, 0.1) is 0 Å². The number of ether oxygens (including phenoxy) is 2. The van der Waals surface area contributed by atoms with Gasteiger partial charge in [0.15, 0.2) is 0 Å². The van der Waals surface area contributed by atoms with Gasteiger partial charge in [-0.25, -0.2) is 0 Å². The molecule has 0 fully saturated rings. The second kappa shape index (κ2) is 5.11. The fourth-order valence-corrected chi connectivity index (χ4v) is 2.04. The Bertz CT molecular complexity index is 487. The molecule has 1 atom stereocenters. The molecule has 1 aromatic carbocycles. The molecule has 17 heavy (non-hydrogen) atoms. The van der Waals surface area contributed by atoms with Crippen molar-refractivity contribution in [1.82, 2.24) is 9.59 Å². The van der Waals surface area contributed by atoms with E-state index in [1.165, 1.54) is 11.5 Å². The van der Waals surface area contributed by atoms with Crippen molar-refractivity contribution in [3.8, 4) is 11.5 Å². The predicted octanol–water partition coefficient (Wildman–Crippen LogP) is 1.60. The standard InChI is InChI=1S/C11H13N3O2S/c1-15-7-3-4-10(16-2)8(5-7)11(12)9-6-17-14-13-9/h3-6,11H,12H2,1-2H3. The molecule has 90 valence electrons. The van der Waals surface area contributed by atoms with Crippen LogP contribution in [0.1, 0.15) is 17.3 Å². The molecule has 1 unspecified atom stereocenters. The molecular formula is C11H13N3O2S. The Morgan fingerprint density at radius 1 is 1.29 bits per heavy atom. The minimum absolute atomic E-state index is 0.362. The van der Waals surface area contributed by atoms with Gasteiger partial charge in [0, 0.05) is 10.9 Å². The van der Waals surface area contributed by atoms with Crippen LogP contribution in [-0.4, -0.2) is 23.8 Å². The third-order valence-electron chi connectivity index (χ3n) is 2.47. The van der Waals surface area contributed by atoms with Gasteiger partial charge < -0.3 is 15.2 Å². The Morgan fingerprint density at radius 2 is 2.12 bits per heavy atom. The zero-order chi connectivity index (χ0) is 12.3. The molecule has 1 heterocycles. The highest BCUT2D eigenvalue weighted by Crippen LogP contribution is 2.31. The largest absolute Gasteiger partial charge is 0.497 e. The Labute approximate surface area is 103 Å². The maximum Gasteiger partial charge on any atom is 0.124 e. The Hall–Kier alpha value is -1.66. The van der Waals surface area contributed by atoms with E-state index in [2.05, 4.69) is 9.59 Å². The smallest absolute Gasteiger partial charge is 0.124 e. The molecule has 0 radical (unpaired) electrons. The van der Waals surface area contributed by atoms with Crippen LogP contribution in [0.15, 0.2) is 23.6 Å². The summed E-state index contributed by atoms with van der Waals surface area (Å²) in [4.78, 5) is 0. The summed E-state index contributed by atoms with van der Waals surface area (Å²) in [6.45, 7) is 0. The number of methoxy groups -OCH3 is 2. The highest BCUT2D eigenvalue weighted by molar-refractivity contribution is 7.03. The van der Waals surface area contributed by atoms with Crippen LogP contribution >= 0.6 is 11.5 Å². The van der Waals surface area contributed by atoms with E-state index in [0.717, 1.165) is 17.0 Å². The van der Waals surface area contributed by atoms with Gasteiger partial charge in [0.25, 0.3) is 0 Å². The van der Waals surface area contributed by atoms with E-state index in [0.29, 0.717) is 5.75 Å². The number of aromatic nitrogens is 2. The molecule has 0 aliphatic rings. The summed E-state index contributed by atoms with van der Waals surface area (Å²) < 4.78 is 14.3. The zero-order valence-corrected chi connectivity index (χ0v) is 10.4. The lowest BCUT2D eigenvalue weighted by atomic mass is 10.0. The molecule has 2 aromatic rings. The van der Waals surface area contributed by atoms with E-state index in [4.69, 9.17) is 15.2 Å². The van der Waals surface area contributed by atoms with E-state index in [-0.39, 0.29) is 6.04 Å². The number of nitrogens with two attached hydrogens (primary N) is 1. The minimum atomic E-state index is -0.362. The van der Waals surface area contributed by atoms with Crippen molar-refractivity contribution in [2.45, 2.75) is 6.04 Å². The lowest BCUT2D eigenvalue weighted by Gasteiger charge is -2.14. The molecule has 0 aliphatic heterocycles. The van der Waals surface area contributed by atoms with Gasteiger partial charge in [0.1, 0.15) is 11.5 Å². The van der Waals surface area contributed by atoms with Gasteiger partial charge in [0.2, 0.25) is 0 Å². The third kappa shape index (κ3) is 2.37. The lowest BCUT2D eigenvalue weighted by molar-refractivity contribution is 0.397. The van der Waals surface area contributed by atoms with Crippen molar-refractivity contribution >= 4 is 11.5 Å². The summed E-state index contributed by atoms with van der Waals surface area (Å²) in [7, 11) is 3.22. The number of hydrogen-bond acceptors (Lipinski definition) is 6. The van der Waals surface area contributed by atoms with Crippen molar-refractivity contribution < 1.29 is 9.47 Å². The molecule has 0 amide bonds.